The number of carbonyl (C=O) groups excluding carboxylic acids is 2. The highest BCUT2D eigenvalue weighted by Crippen LogP contribution is 2.38. The van der Waals surface area contributed by atoms with Crippen LogP contribution in [0.4, 0.5) is 0 Å². The molecule has 0 spiro atoms. The van der Waals surface area contributed by atoms with Crippen molar-refractivity contribution in [1.82, 2.24) is 5.32 Å². The number of amides is 1. The Bertz CT molecular complexity index is 1650. The van der Waals surface area contributed by atoms with Gasteiger partial charge < -0.3 is 28.5 Å². The molecule has 0 aliphatic heterocycles. The van der Waals surface area contributed by atoms with Crippen molar-refractivity contribution in [3.05, 3.63) is 36.5 Å². The molecule has 0 aliphatic rings. The molecule has 1 amide bonds. The van der Waals surface area contributed by atoms with Gasteiger partial charge in [-0.3, -0.25) is 14.2 Å². The van der Waals surface area contributed by atoms with Crippen LogP contribution in [-0.4, -0.2) is 69.4 Å². The standard InChI is InChI=1S/C81H157N2O7P/c1-7-10-13-16-19-22-25-28-30-32-34-36-38-40-41-43-44-46-48-50-52-55-58-61-64-67-70-73-80(84)82-78(77-89-91(86,87)88-76-75-83(4,5)6)79(72-69-66-63-60-57-54-27-24-21-18-15-12-9-3)90-81(85)74-71-68-65-62-59-56-53-51-49-47-45-42-39-37-35-33-31-29-26-23-20-17-14-11-8-2/h28-31,69,72,78-79H,7-27,32-68,70-71,73-77H2,1-6H3,(H-,82,84,86,87)/b30-28+,31-29+,72-69+. The van der Waals surface area contributed by atoms with E-state index in [9.17, 15) is 19.0 Å². The number of nitrogens with one attached hydrogen (secondary N) is 1. The van der Waals surface area contributed by atoms with Gasteiger partial charge in [-0.1, -0.05) is 359 Å². The Morgan fingerprint density at radius 2 is 0.637 bits per heavy atom. The van der Waals surface area contributed by atoms with Crippen molar-refractivity contribution in [2.45, 2.75) is 431 Å². The van der Waals surface area contributed by atoms with Crippen LogP contribution < -0.4 is 10.2 Å². The summed E-state index contributed by atoms with van der Waals surface area (Å²) < 4.78 is 30.6. The van der Waals surface area contributed by atoms with E-state index in [1.165, 1.54) is 327 Å². The van der Waals surface area contributed by atoms with Crippen LogP contribution in [0.15, 0.2) is 36.5 Å². The third kappa shape index (κ3) is 72.3. The van der Waals surface area contributed by atoms with Crippen molar-refractivity contribution in [3.8, 4) is 0 Å². The number of nitrogens with zero attached hydrogens (tertiary/aromatic N) is 1. The molecule has 0 fully saturated rings. The summed E-state index contributed by atoms with van der Waals surface area (Å²) in [6.07, 6.45) is 90.1. The van der Waals surface area contributed by atoms with E-state index in [1.807, 2.05) is 33.3 Å². The van der Waals surface area contributed by atoms with Crippen molar-refractivity contribution in [2.24, 2.45) is 0 Å². The predicted octanol–water partition coefficient (Wildman–Crippen LogP) is 25.5. The van der Waals surface area contributed by atoms with Gasteiger partial charge in [0.25, 0.3) is 7.82 Å². The number of carbonyl (C=O) groups is 2. The number of unbranched alkanes of at least 4 members (excludes halogenated alkanes) is 55. The monoisotopic (exact) mass is 1300 g/mol. The van der Waals surface area contributed by atoms with E-state index in [1.54, 1.807) is 0 Å². The molecule has 0 rings (SSSR count). The fraction of sp³-hybridized carbons (Fsp3) is 0.901. The van der Waals surface area contributed by atoms with Gasteiger partial charge in [-0.25, -0.2) is 0 Å². The molecule has 0 aromatic carbocycles. The van der Waals surface area contributed by atoms with Crippen molar-refractivity contribution in [2.75, 3.05) is 40.9 Å². The Kier molecular flexibility index (Phi) is 69.6. The first kappa shape index (κ1) is 89.2. The number of hydrogen-bond donors (Lipinski definition) is 1. The van der Waals surface area contributed by atoms with E-state index in [0.29, 0.717) is 17.4 Å². The van der Waals surface area contributed by atoms with Gasteiger partial charge in [0.05, 0.1) is 33.8 Å². The van der Waals surface area contributed by atoms with E-state index < -0.39 is 20.0 Å². The number of phosphoric acid groups is 1. The summed E-state index contributed by atoms with van der Waals surface area (Å²) in [5, 5.41) is 3.06. The zero-order valence-electron chi connectivity index (χ0n) is 61.8. The maximum Gasteiger partial charge on any atom is 0.306 e. The lowest BCUT2D eigenvalue weighted by Crippen LogP contribution is -2.47. The molecule has 0 aliphatic carbocycles. The Morgan fingerprint density at radius 1 is 0.374 bits per heavy atom. The highest BCUT2D eigenvalue weighted by molar-refractivity contribution is 7.45. The number of allylic oxidation sites excluding steroid dienone is 5. The predicted molar refractivity (Wildman–Crippen MR) is 395 cm³/mol. The third-order valence-corrected chi connectivity index (χ3v) is 19.5. The van der Waals surface area contributed by atoms with Gasteiger partial charge in [-0.2, -0.15) is 0 Å². The molecule has 0 bridgehead atoms. The van der Waals surface area contributed by atoms with E-state index in [-0.39, 0.29) is 31.5 Å². The van der Waals surface area contributed by atoms with Gasteiger partial charge >= 0.3 is 5.97 Å². The quantitative estimate of drug-likeness (QED) is 0.0212. The second kappa shape index (κ2) is 71.0. The molecule has 3 unspecified atom stereocenters. The third-order valence-electron chi connectivity index (χ3n) is 18.5. The van der Waals surface area contributed by atoms with Crippen LogP contribution in [-0.2, 0) is 27.9 Å². The van der Waals surface area contributed by atoms with Crippen LogP contribution in [0, 0.1) is 0 Å². The molecular weight excluding hydrogens is 1140 g/mol. The molecule has 0 saturated carbocycles. The smallest absolute Gasteiger partial charge is 0.306 e. The van der Waals surface area contributed by atoms with Crippen molar-refractivity contribution in [3.63, 3.8) is 0 Å². The molecule has 3 atom stereocenters. The summed E-state index contributed by atoms with van der Waals surface area (Å²) in [4.78, 5) is 40.4. The van der Waals surface area contributed by atoms with Crippen LogP contribution in [0.3, 0.4) is 0 Å². The average molecular weight is 1300 g/mol. The summed E-state index contributed by atoms with van der Waals surface area (Å²) in [5.41, 5.74) is 0. The molecule has 1 N–H and O–H groups in total. The molecule has 0 aromatic rings. The normalized spacial score (nSPS) is 13.5. The molecule has 10 heteroatoms. The van der Waals surface area contributed by atoms with Crippen molar-refractivity contribution in [1.29, 1.82) is 0 Å². The summed E-state index contributed by atoms with van der Waals surface area (Å²) >= 11 is 0. The van der Waals surface area contributed by atoms with Crippen LogP contribution in [0.5, 0.6) is 0 Å². The fourth-order valence-corrected chi connectivity index (χ4v) is 13.1. The van der Waals surface area contributed by atoms with E-state index in [4.69, 9.17) is 13.8 Å². The molecular formula is C81H157N2O7P. The molecule has 91 heavy (non-hydrogen) atoms. The molecule has 538 valence electrons. The zero-order valence-corrected chi connectivity index (χ0v) is 62.7. The average Bonchev–Trinajstić information content (AvgIpc) is 3.45. The van der Waals surface area contributed by atoms with Gasteiger partial charge in [0.2, 0.25) is 5.91 Å². The number of rotatable bonds is 75. The van der Waals surface area contributed by atoms with Gasteiger partial charge in [-0.15, -0.1) is 0 Å². The van der Waals surface area contributed by atoms with Crippen LogP contribution in [0.1, 0.15) is 419 Å². The highest BCUT2D eigenvalue weighted by Gasteiger charge is 2.27. The van der Waals surface area contributed by atoms with Crippen LogP contribution in [0.2, 0.25) is 0 Å². The fourth-order valence-electron chi connectivity index (χ4n) is 12.3. The second-order valence-corrected chi connectivity index (χ2v) is 30.3. The number of phosphoric ester groups is 1. The van der Waals surface area contributed by atoms with Crippen molar-refractivity contribution >= 4 is 19.7 Å². The number of hydrogen-bond acceptors (Lipinski definition) is 7. The van der Waals surface area contributed by atoms with E-state index in [2.05, 4.69) is 50.4 Å². The SMILES string of the molecule is CCCCCCCC/C=C/CCCCCCCCCCCCCCCCCCCC(=O)NC(COP(=O)([O-])OCC[N+](C)(C)C)C(/C=C/CCCCCCCCCCCCC)OC(=O)CCCCCCCCCCCCCCCCC/C=C/CCCCCCCC. The minimum atomic E-state index is -4.71. The summed E-state index contributed by atoms with van der Waals surface area (Å²) in [7, 11) is 1.21. The maximum absolute atomic E-state index is 13.7. The number of esters is 1. The number of quaternary nitrogens is 1. The summed E-state index contributed by atoms with van der Waals surface area (Å²) in [5.74, 6) is -0.515. The topological polar surface area (TPSA) is 114 Å². The summed E-state index contributed by atoms with van der Waals surface area (Å²) in [6, 6.07) is -0.886. The molecule has 0 aromatic heterocycles. The first-order chi connectivity index (χ1) is 44.4. The largest absolute Gasteiger partial charge is 0.756 e. The lowest BCUT2D eigenvalue weighted by molar-refractivity contribution is -0.870. The van der Waals surface area contributed by atoms with E-state index >= 15 is 0 Å². The lowest BCUT2D eigenvalue weighted by Gasteiger charge is -2.30. The van der Waals surface area contributed by atoms with Crippen LogP contribution >= 0.6 is 7.82 Å². The van der Waals surface area contributed by atoms with Gasteiger partial charge in [0, 0.05) is 12.8 Å². The second-order valence-electron chi connectivity index (χ2n) is 28.9. The summed E-state index contributed by atoms with van der Waals surface area (Å²) in [6.45, 7) is 6.92. The Hall–Kier alpha value is -1.77. The first-order valence-electron chi connectivity index (χ1n) is 40.3. The Balaban J connectivity index is 4.92. The number of likely N-dealkylation sites (N-methyl/N-ethyl adjacent to an activating group) is 1. The first-order valence-corrected chi connectivity index (χ1v) is 41.8. The Labute approximate surface area is 567 Å². The zero-order chi connectivity index (χ0) is 66.3. The van der Waals surface area contributed by atoms with E-state index in [0.717, 1.165) is 57.8 Å². The minimum Gasteiger partial charge on any atom is -0.756 e. The Morgan fingerprint density at radius 3 is 0.934 bits per heavy atom. The molecule has 0 heterocycles. The minimum absolute atomic E-state index is 0.0186. The van der Waals surface area contributed by atoms with Gasteiger partial charge in [0.15, 0.2) is 0 Å². The van der Waals surface area contributed by atoms with Crippen LogP contribution in [0.25, 0.3) is 0 Å². The molecule has 9 nitrogen and oxygen atoms in total. The maximum atomic E-state index is 13.7. The van der Waals surface area contributed by atoms with Gasteiger partial charge in [0.1, 0.15) is 19.3 Å². The highest BCUT2D eigenvalue weighted by atomic mass is 31.2. The number of ether oxygens (including phenoxy) is 1. The molecule has 0 saturated heterocycles. The van der Waals surface area contributed by atoms with Gasteiger partial charge in [-0.05, 0) is 83.1 Å². The molecule has 0 radical (unpaired) electrons. The lowest BCUT2D eigenvalue weighted by atomic mass is 10.0. The van der Waals surface area contributed by atoms with Crippen molar-refractivity contribution < 1.29 is 37.3 Å².